The molecule has 3 aromatic rings. The molecular formula is C24H28N2O4S2. The zero-order valence-corrected chi connectivity index (χ0v) is 20.6. The Bertz CT molecular complexity index is 1210. The molecule has 0 fully saturated rings. The van der Waals surface area contributed by atoms with Gasteiger partial charge in [-0.15, -0.1) is 11.3 Å². The number of esters is 1. The van der Waals surface area contributed by atoms with E-state index in [1.54, 1.807) is 13.0 Å². The molecule has 0 spiro atoms. The summed E-state index contributed by atoms with van der Waals surface area (Å²) >= 11 is 1.54. The fraction of sp³-hybridized carbons (Fsp3) is 0.333. The van der Waals surface area contributed by atoms with E-state index in [2.05, 4.69) is 54.7 Å². The molecule has 0 aliphatic carbocycles. The predicted molar refractivity (Wildman–Crippen MR) is 128 cm³/mol. The fourth-order valence-electron chi connectivity index (χ4n) is 3.16. The Morgan fingerprint density at radius 3 is 2.44 bits per heavy atom. The Kier molecular flexibility index (Phi) is 7.17. The minimum atomic E-state index is -3.76. The van der Waals surface area contributed by atoms with Gasteiger partial charge in [0.1, 0.15) is 5.01 Å². The molecule has 0 amide bonds. The van der Waals surface area contributed by atoms with Crippen molar-refractivity contribution in [2.75, 3.05) is 13.7 Å². The number of rotatable bonds is 7. The molecule has 0 aliphatic rings. The highest BCUT2D eigenvalue weighted by atomic mass is 32.2. The Labute approximate surface area is 193 Å². The molecule has 1 heterocycles. The van der Waals surface area contributed by atoms with Gasteiger partial charge >= 0.3 is 5.97 Å². The first-order chi connectivity index (χ1) is 15.0. The molecule has 0 unspecified atom stereocenters. The number of nitrogens with one attached hydrogen (secondary N) is 1. The van der Waals surface area contributed by atoms with Crippen molar-refractivity contribution >= 4 is 27.3 Å². The molecule has 0 saturated carbocycles. The molecule has 32 heavy (non-hydrogen) atoms. The van der Waals surface area contributed by atoms with Crippen molar-refractivity contribution in [2.24, 2.45) is 0 Å². The third-order valence-electron chi connectivity index (χ3n) is 5.15. The molecule has 0 atom stereocenters. The Hall–Kier alpha value is -2.55. The first kappa shape index (κ1) is 24.1. The second-order valence-electron chi connectivity index (χ2n) is 8.59. The van der Waals surface area contributed by atoms with E-state index >= 15 is 0 Å². The lowest BCUT2D eigenvalue weighted by Gasteiger charge is -2.18. The van der Waals surface area contributed by atoms with Gasteiger partial charge in [0.2, 0.25) is 10.0 Å². The number of thiazole rings is 1. The van der Waals surface area contributed by atoms with Crippen molar-refractivity contribution < 1.29 is 17.9 Å². The number of methoxy groups -OCH3 is 1. The van der Waals surface area contributed by atoms with Crippen LogP contribution in [0.15, 0.2) is 52.7 Å². The van der Waals surface area contributed by atoms with Gasteiger partial charge in [0.15, 0.2) is 0 Å². The van der Waals surface area contributed by atoms with Crippen LogP contribution >= 0.6 is 11.3 Å². The molecule has 3 rings (SSSR count). The van der Waals surface area contributed by atoms with Gasteiger partial charge in [-0.2, -0.15) is 0 Å². The van der Waals surface area contributed by atoms with Gasteiger partial charge in [-0.3, -0.25) is 0 Å². The third-order valence-corrected chi connectivity index (χ3v) is 7.55. The summed E-state index contributed by atoms with van der Waals surface area (Å²) in [5.74, 6) is -0.565. The summed E-state index contributed by atoms with van der Waals surface area (Å²) in [6, 6.07) is 12.8. The maximum atomic E-state index is 12.7. The summed E-state index contributed by atoms with van der Waals surface area (Å²) in [4.78, 5) is 16.5. The molecule has 170 valence electrons. The van der Waals surface area contributed by atoms with Gasteiger partial charge in [-0.1, -0.05) is 51.1 Å². The highest BCUT2D eigenvalue weighted by molar-refractivity contribution is 7.89. The van der Waals surface area contributed by atoms with Crippen LogP contribution in [0.5, 0.6) is 0 Å². The summed E-state index contributed by atoms with van der Waals surface area (Å²) < 4.78 is 32.6. The number of hydrogen-bond donors (Lipinski definition) is 1. The summed E-state index contributed by atoms with van der Waals surface area (Å²) in [5.41, 5.74) is 4.12. The van der Waals surface area contributed by atoms with Crippen LogP contribution in [0.25, 0.3) is 10.6 Å². The molecule has 0 aliphatic heterocycles. The Morgan fingerprint density at radius 1 is 1.12 bits per heavy atom. The summed E-state index contributed by atoms with van der Waals surface area (Å²) in [6.07, 6.45) is 0.464. The van der Waals surface area contributed by atoms with Crippen LogP contribution < -0.4 is 4.72 Å². The van der Waals surface area contributed by atoms with Crippen LogP contribution in [0.3, 0.4) is 0 Å². The van der Waals surface area contributed by atoms with Crippen molar-refractivity contribution in [3.8, 4) is 10.6 Å². The van der Waals surface area contributed by atoms with Crippen LogP contribution in [-0.2, 0) is 26.6 Å². The average Bonchev–Trinajstić information content (AvgIpc) is 3.21. The first-order valence-corrected chi connectivity index (χ1v) is 12.6. The molecule has 0 radical (unpaired) electrons. The predicted octanol–water partition coefficient (Wildman–Crippen LogP) is 4.72. The number of aryl methyl sites for hydroxylation is 1. The van der Waals surface area contributed by atoms with Gasteiger partial charge < -0.3 is 4.74 Å². The monoisotopic (exact) mass is 472 g/mol. The lowest BCUT2D eigenvalue weighted by molar-refractivity contribution is 0.0599. The Balaban J connectivity index is 1.65. The normalized spacial score (nSPS) is 12.0. The molecule has 8 heteroatoms. The van der Waals surface area contributed by atoms with Crippen LogP contribution in [0.4, 0.5) is 0 Å². The smallest absolute Gasteiger partial charge is 0.338 e. The highest BCUT2D eigenvalue weighted by Crippen LogP contribution is 2.28. The second-order valence-corrected chi connectivity index (χ2v) is 11.2. The number of aromatic nitrogens is 1. The number of sulfonamides is 1. The van der Waals surface area contributed by atoms with Crippen LogP contribution in [0, 0.1) is 6.92 Å². The SMILES string of the molecule is COC(=O)c1cc(S(=O)(=O)NCCc2csc(-c3ccc(C(C)(C)C)cc3)n2)ccc1C. The van der Waals surface area contributed by atoms with E-state index in [1.165, 1.54) is 36.1 Å². The van der Waals surface area contributed by atoms with Crippen LogP contribution in [-0.4, -0.2) is 33.0 Å². The van der Waals surface area contributed by atoms with Gasteiger partial charge in [0.25, 0.3) is 0 Å². The standard InChI is InChI=1S/C24H28N2O4S2/c1-16-6-11-20(14-21(16)23(27)30-5)32(28,29)25-13-12-19-15-31-22(26-19)17-7-9-18(10-8-17)24(2,3)4/h6-11,14-15,25H,12-13H2,1-5H3. The lowest BCUT2D eigenvalue weighted by Crippen LogP contribution is -2.26. The first-order valence-electron chi connectivity index (χ1n) is 10.3. The molecule has 1 N–H and O–H groups in total. The number of nitrogens with zero attached hydrogens (tertiary/aromatic N) is 1. The molecule has 6 nitrogen and oxygen atoms in total. The van der Waals surface area contributed by atoms with Crippen molar-refractivity contribution in [1.29, 1.82) is 0 Å². The van der Waals surface area contributed by atoms with E-state index in [1.807, 2.05) is 5.38 Å². The number of benzene rings is 2. The largest absolute Gasteiger partial charge is 0.465 e. The average molecular weight is 473 g/mol. The summed E-state index contributed by atoms with van der Waals surface area (Å²) in [6.45, 7) is 8.47. The number of carbonyl (C=O) groups is 1. The molecular weight excluding hydrogens is 444 g/mol. The zero-order valence-electron chi connectivity index (χ0n) is 18.9. The lowest BCUT2D eigenvalue weighted by atomic mass is 9.87. The van der Waals surface area contributed by atoms with Crippen LogP contribution in [0.1, 0.15) is 48.0 Å². The number of hydrogen-bond acceptors (Lipinski definition) is 6. The molecule has 1 aromatic heterocycles. The third kappa shape index (κ3) is 5.62. The Morgan fingerprint density at radius 2 is 1.81 bits per heavy atom. The summed E-state index contributed by atoms with van der Waals surface area (Å²) in [7, 11) is -2.49. The molecule has 2 aromatic carbocycles. The van der Waals surface area contributed by atoms with Crippen molar-refractivity contribution in [2.45, 2.75) is 44.4 Å². The molecule has 0 saturated heterocycles. The number of carbonyl (C=O) groups excluding carboxylic acids is 1. The van der Waals surface area contributed by atoms with Gasteiger partial charge in [0, 0.05) is 23.9 Å². The van der Waals surface area contributed by atoms with E-state index in [0.717, 1.165) is 16.3 Å². The van der Waals surface area contributed by atoms with Gasteiger partial charge in [0.05, 0.1) is 23.3 Å². The van der Waals surface area contributed by atoms with E-state index in [0.29, 0.717) is 12.0 Å². The van der Waals surface area contributed by atoms with E-state index in [-0.39, 0.29) is 22.4 Å². The van der Waals surface area contributed by atoms with E-state index in [9.17, 15) is 13.2 Å². The minimum absolute atomic E-state index is 0.0291. The van der Waals surface area contributed by atoms with Gasteiger partial charge in [-0.25, -0.2) is 22.9 Å². The van der Waals surface area contributed by atoms with Gasteiger partial charge in [-0.05, 0) is 35.6 Å². The van der Waals surface area contributed by atoms with Crippen LogP contribution in [0.2, 0.25) is 0 Å². The zero-order chi connectivity index (χ0) is 23.5. The van der Waals surface area contributed by atoms with E-state index in [4.69, 9.17) is 4.74 Å². The second kappa shape index (κ2) is 9.52. The van der Waals surface area contributed by atoms with Crippen molar-refractivity contribution in [3.63, 3.8) is 0 Å². The number of ether oxygens (including phenoxy) is 1. The van der Waals surface area contributed by atoms with E-state index < -0.39 is 16.0 Å². The van der Waals surface area contributed by atoms with Crippen molar-refractivity contribution in [1.82, 2.24) is 9.71 Å². The maximum Gasteiger partial charge on any atom is 0.338 e. The molecule has 0 bridgehead atoms. The fourth-order valence-corrected chi connectivity index (χ4v) is 5.08. The quantitative estimate of drug-likeness (QED) is 0.503. The summed E-state index contributed by atoms with van der Waals surface area (Å²) in [5, 5.41) is 2.85. The minimum Gasteiger partial charge on any atom is -0.465 e. The maximum absolute atomic E-state index is 12.7. The van der Waals surface area contributed by atoms with Crippen molar-refractivity contribution in [3.05, 3.63) is 70.2 Å². The topological polar surface area (TPSA) is 85.4 Å². The highest BCUT2D eigenvalue weighted by Gasteiger charge is 2.18.